The van der Waals surface area contributed by atoms with Crippen LogP contribution in [0.3, 0.4) is 0 Å². The lowest BCUT2D eigenvalue weighted by Crippen LogP contribution is -1.68. The second kappa shape index (κ2) is 9.57. The van der Waals surface area contributed by atoms with Crippen molar-refractivity contribution in [2.75, 3.05) is 0 Å². The highest BCUT2D eigenvalue weighted by atomic mass is 127. The van der Waals surface area contributed by atoms with Crippen molar-refractivity contribution in [3.05, 3.63) is 80.5 Å². The number of azo groups is 1. The number of benzene rings is 1. The van der Waals surface area contributed by atoms with Crippen LogP contribution in [-0.2, 0) is 0 Å². The molecule has 22 heavy (non-hydrogen) atoms. The summed E-state index contributed by atoms with van der Waals surface area (Å²) in [6, 6.07) is 15.6. The van der Waals surface area contributed by atoms with Crippen molar-refractivity contribution >= 4 is 56.6 Å². The smallest absolute Gasteiger partial charge is 0.0887 e. The Balaban J connectivity index is 0.000000188. The molecule has 0 spiro atoms. The van der Waals surface area contributed by atoms with Crippen LogP contribution in [0.4, 0.5) is 11.4 Å². The molecule has 110 valence electrons. The number of nitrogens with zero attached hydrogens (tertiary/aromatic N) is 4. The van der Waals surface area contributed by atoms with E-state index in [1.165, 1.54) is 7.14 Å². The first-order chi connectivity index (χ1) is 10.7. The molecule has 0 radical (unpaired) electrons. The molecular weight excluding hydrogens is 502 g/mol. The summed E-state index contributed by atoms with van der Waals surface area (Å²) in [4.78, 5) is 7.78. The van der Waals surface area contributed by atoms with Crippen LogP contribution in [0.25, 0.3) is 0 Å². The van der Waals surface area contributed by atoms with Gasteiger partial charge in [0, 0.05) is 31.9 Å². The monoisotopic (exact) mass is 514 g/mol. The van der Waals surface area contributed by atoms with Crippen molar-refractivity contribution in [1.82, 2.24) is 9.97 Å². The van der Waals surface area contributed by atoms with Crippen LogP contribution in [0, 0.1) is 7.14 Å². The largest absolute Gasteiger partial charge is 0.265 e. The lowest BCUT2D eigenvalue weighted by atomic mass is 10.4. The zero-order valence-corrected chi connectivity index (χ0v) is 15.8. The van der Waals surface area contributed by atoms with Gasteiger partial charge in [0.05, 0.1) is 11.4 Å². The Labute approximate surface area is 156 Å². The van der Waals surface area contributed by atoms with E-state index in [4.69, 9.17) is 0 Å². The zero-order valence-electron chi connectivity index (χ0n) is 11.5. The predicted octanol–water partition coefficient (Wildman–Crippen LogP) is 5.79. The molecule has 6 heteroatoms. The lowest BCUT2D eigenvalue weighted by Gasteiger charge is -1.90. The van der Waals surface area contributed by atoms with Crippen molar-refractivity contribution in [2.24, 2.45) is 10.2 Å². The van der Waals surface area contributed by atoms with E-state index in [1.54, 1.807) is 49.1 Å². The summed E-state index contributed by atoms with van der Waals surface area (Å²) in [5.41, 5.74) is 1.58. The quantitative estimate of drug-likeness (QED) is 0.322. The van der Waals surface area contributed by atoms with Crippen molar-refractivity contribution < 1.29 is 0 Å². The van der Waals surface area contributed by atoms with E-state index in [0.29, 0.717) is 0 Å². The Bertz CT molecular complexity index is 639. The van der Waals surface area contributed by atoms with Crippen LogP contribution in [-0.4, -0.2) is 9.97 Å². The molecule has 2 heterocycles. The number of rotatable bonds is 2. The van der Waals surface area contributed by atoms with Crippen LogP contribution >= 0.6 is 45.2 Å². The minimum absolute atomic E-state index is 0.789. The molecule has 3 rings (SSSR count). The molecule has 3 aromatic rings. The van der Waals surface area contributed by atoms with E-state index < -0.39 is 0 Å². The number of aromatic nitrogens is 2. The number of hydrogen-bond donors (Lipinski definition) is 0. The van der Waals surface area contributed by atoms with Gasteiger partial charge in [-0.15, -0.1) is 0 Å². The summed E-state index contributed by atoms with van der Waals surface area (Å²) in [7, 11) is 0. The maximum Gasteiger partial charge on any atom is 0.0887 e. The molecule has 0 aliphatic heterocycles. The van der Waals surface area contributed by atoms with Gasteiger partial charge in [-0.2, -0.15) is 10.2 Å². The third-order valence-corrected chi connectivity index (χ3v) is 3.85. The maximum atomic E-state index is 4.03. The van der Waals surface area contributed by atoms with Gasteiger partial charge in [-0.1, -0.05) is 0 Å². The standard InChI is InChI=1S/C10H8N4.C6H4I2/c1-5-11-6-2-9(1)13-14-10-3-7-12-8-4-10;7-5-1-2-6(8)4-3-5/h1-8H;1-4H. The highest BCUT2D eigenvalue weighted by Crippen LogP contribution is 2.15. The minimum Gasteiger partial charge on any atom is -0.265 e. The van der Waals surface area contributed by atoms with Crippen LogP contribution < -0.4 is 0 Å². The maximum absolute atomic E-state index is 4.03. The molecule has 0 saturated heterocycles. The molecule has 0 unspecified atom stereocenters. The molecule has 1 aromatic carbocycles. The van der Waals surface area contributed by atoms with Crippen LogP contribution in [0.2, 0.25) is 0 Å². The molecule has 2 aromatic heterocycles. The Morgan fingerprint density at radius 3 is 1.18 bits per heavy atom. The summed E-state index contributed by atoms with van der Waals surface area (Å²) in [6.07, 6.45) is 6.73. The Hall–Kier alpha value is -1.42. The fourth-order valence-corrected chi connectivity index (χ4v) is 2.09. The van der Waals surface area contributed by atoms with Gasteiger partial charge in [0.1, 0.15) is 0 Å². The minimum atomic E-state index is 0.789. The molecule has 0 aliphatic rings. The molecular formula is C16H12I2N4. The second-order valence-electron chi connectivity index (χ2n) is 4.05. The van der Waals surface area contributed by atoms with Gasteiger partial charge in [0.15, 0.2) is 0 Å². The van der Waals surface area contributed by atoms with Crippen LogP contribution in [0.15, 0.2) is 83.5 Å². The van der Waals surface area contributed by atoms with Crippen molar-refractivity contribution in [1.29, 1.82) is 0 Å². The first-order valence-corrected chi connectivity index (χ1v) is 8.52. The molecule has 0 aliphatic carbocycles. The normalized spacial score (nSPS) is 10.1. The third kappa shape index (κ3) is 6.56. The van der Waals surface area contributed by atoms with Gasteiger partial charge in [-0.3, -0.25) is 9.97 Å². The SMILES string of the molecule is Ic1ccc(I)cc1.c1cc(N=Nc2ccncc2)ccn1. The topological polar surface area (TPSA) is 50.5 Å². The Morgan fingerprint density at radius 2 is 0.864 bits per heavy atom. The van der Waals surface area contributed by atoms with E-state index in [0.717, 1.165) is 11.4 Å². The van der Waals surface area contributed by atoms with E-state index in [2.05, 4.69) is 89.6 Å². The molecule has 0 atom stereocenters. The summed E-state index contributed by atoms with van der Waals surface area (Å²) in [5, 5.41) is 8.07. The number of hydrogen-bond acceptors (Lipinski definition) is 4. The first-order valence-electron chi connectivity index (χ1n) is 6.37. The Morgan fingerprint density at radius 1 is 0.545 bits per heavy atom. The highest BCUT2D eigenvalue weighted by molar-refractivity contribution is 14.1. The summed E-state index contributed by atoms with van der Waals surface area (Å²) in [6.45, 7) is 0. The molecule has 0 saturated carbocycles. The van der Waals surface area contributed by atoms with Gasteiger partial charge >= 0.3 is 0 Å². The fraction of sp³-hybridized carbons (Fsp3) is 0. The lowest BCUT2D eigenvalue weighted by molar-refractivity contribution is 1.19. The van der Waals surface area contributed by atoms with E-state index >= 15 is 0 Å². The summed E-state index contributed by atoms with van der Waals surface area (Å²) >= 11 is 4.59. The van der Waals surface area contributed by atoms with Crippen molar-refractivity contribution in [3.63, 3.8) is 0 Å². The number of halogens is 2. The van der Waals surface area contributed by atoms with E-state index in [-0.39, 0.29) is 0 Å². The number of pyridine rings is 2. The highest BCUT2D eigenvalue weighted by Gasteiger charge is 1.87. The molecule has 0 amide bonds. The van der Waals surface area contributed by atoms with E-state index in [1.807, 2.05) is 0 Å². The van der Waals surface area contributed by atoms with Crippen LogP contribution in [0.5, 0.6) is 0 Å². The molecule has 0 fully saturated rings. The predicted molar refractivity (Wildman–Crippen MR) is 105 cm³/mol. The average Bonchev–Trinajstić information content (AvgIpc) is 2.58. The van der Waals surface area contributed by atoms with Gasteiger partial charge in [-0.25, -0.2) is 0 Å². The van der Waals surface area contributed by atoms with E-state index in [9.17, 15) is 0 Å². The third-order valence-electron chi connectivity index (χ3n) is 2.41. The van der Waals surface area contributed by atoms with Gasteiger partial charge < -0.3 is 0 Å². The van der Waals surface area contributed by atoms with Crippen molar-refractivity contribution in [3.8, 4) is 0 Å². The first kappa shape index (κ1) is 16.9. The zero-order chi connectivity index (χ0) is 15.6. The van der Waals surface area contributed by atoms with Gasteiger partial charge in [0.2, 0.25) is 0 Å². The molecule has 0 bridgehead atoms. The molecule has 4 nitrogen and oxygen atoms in total. The molecule has 0 N–H and O–H groups in total. The second-order valence-corrected chi connectivity index (χ2v) is 6.54. The Kier molecular flexibility index (Phi) is 7.37. The van der Waals surface area contributed by atoms with Crippen LogP contribution in [0.1, 0.15) is 0 Å². The fourth-order valence-electron chi connectivity index (χ4n) is 1.37. The summed E-state index contributed by atoms with van der Waals surface area (Å²) in [5.74, 6) is 0. The van der Waals surface area contributed by atoms with Crippen molar-refractivity contribution in [2.45, 2.75) is 0 Å². The average molecular weight is 514 g/mol. The van der Waals surface area contributed by atoms with Gasteiger partial charge in [-0.05, 0) is 93.7 Å². The summed E-state index contributed by atoms with van der Waals surface area (Å²) < 4.78 is 2.59. The van der Waals surface area contributed by atoms with Gasteiger partial charge in [0.25, 0.3) is 0 Å².